The Morgan fingerprint density at radius 1 is 0.524 bits per heavy atom. The van der Waals surface area contributed by atoms with Gasteiger partial charge in [-0.25, -0.2) is 0 Å². The van der Waals surface area contributed by atoms with E-state index in [2.05, 4.69) is 81.0 Å². The second kappa shape index (κ2) is 20.0. The molecule has 0 fully saturated rings. The van der Waals surface area contributed by atoms with E-state index < -0.39 is 0 Å². The lowest BCUT2D eigenvalue weighted by Crippen LogP contribution is -2.04. The van der Waals surface area contributed by atoms with E-state index in [0.717, 1.165) is 11.5 Å². The minimum absolute atomic E-state index is 0.265. The zero-order valence-electron chi connectivity index (χ0n) is 22.4. The van der Waals surface area contributed by atoms with Crippen molar-refractivity contribution in [2.75, 3.05) is 47.5 Å². The number of hydrogen-bond acceptors (Lipinski definition) is 17. The number of thioether (sulfide) groups is 13. The fourth-order valence-corrected chi connectivity index (χ4v) is 20.7. The van der Waals surface area contributed by atoms with Gasteiger partial charge in [0.15, 0.2) is 5.78 Å². The zero-order valence-corrected chi connectivity index (χ0v) is 35.7. The topological polar surface area (TPSA) is 17.1 Å². The van der Waals surface area contributed by atoms with Crippen LogP contribution >= 0.6 is 191 Å². The molecule has 0 radical (unpaired) electrons. The summed E-state index contributed by atoms with van der Waals surface area (Å²) in [5.74, 6) is 3.45. The van der Waals surface area contributed by atoms with Crippen molar-refractivity contribution >= 4 is 197 Å². The van der Waals surface area contributed by atoms with E-state index in [4.69, 9.17) is 0 Å². The Hall–Kier alpha value is 3.19. The first-order valence-corrected chi connectivity index (χ1v) is 25.9. The Morgan fingerprint density at radius 2 is 0.857 bits per heavy atom. The molecule has 228 valence electrons. The van der Waals surface area contributed by atoms with Gasteiger partial charge in [-0.05, 0) is 43.1 Å². The Morgan fingerprint density at radius 3 is 1.31 bits per heavy atom. The summed E-state index contributed by atoms with van der Waals surface area (Å²) >= 11 is 36.6. The van der Waals surface area contributed by atoms with E-state index in [-0.39, 0.29) is 5.78 Å². The molecule has 0 bridgehead atoms. The number of allylic oxidation sites excluding steroid dienone is 4. The summed E-state index contributed by atoms with van der Waals surface area (Å²) in [6.45, 7) is 0. The van der Waals surface area contributed by atoms with Crippen molar-refractivity contribution in [1.29, 1.82) is 0 Å². The van der Waals surface area contributed by atoms with Crippen LogP contribution < -0.4 is 0 Å². The van der Waals surface area contributed by atoms with Crippen LogP contribution in [0.3, 0.4) is 0 Å². The number of Topliss-reactive ketones (excluding diaryl/α,β-unsaturated/α-hetero) is 1. The summed E-state index contributed by atoms with van der Waals surface area (Å²) in [6, 6.07) is 0. The van der Waals surface area contributed by atoms with Crippen LogP contribution in [0.25, 0.3) is 0 Å². The molecule has 0 amide bonds. The molecular formula is C25H26OS16. The number of thiol groups is 3. The van der Waals surface area contributed by atoms with Crippen LogP contribution in [0, 0.1) is 0 Å². The van der Waals surface area contributed by atoms with Crippen LogP contribution in [-0.2, 0) is 4.79 Å². The fourth-order valence-electron chi connectivity index (χ4n) is 3.07. The number of carbonyl (C=O) groups excluding carboxylic acids is 1. The van der Waals surface area contributed by atoms with Gasteiger partial charge in [0.25, 0.3) is 0 Å². The molecular weight excluding hydrogens is 829 g/mol. The smallest absolute Gasteiger partial charge is 0.153 e. The minimum atomic E-state index is 0.265. The third kappa shape index (κ3) is 11.1. The van der Waals surface area contributed by atoms with Gasteiger partial charge in [0.2, 0.25) is 0 Å². The normalized spacial score (nSPS) is 21.5. The molecule has 0 aliphatic carbocycles. The molecule has 0 aromatic rings. The van der Waals surface area contributed by atoms with Crippen molar-refractivity contribution in [3.63, 3.8) is 0 Å². The highest BCUT2D eigenvalue weighted by atomic mass is 32.3. The summed E-state index contributed by atoms with van der Waals surface area (Å²) in [7, 11) is 0. The van der Waals surface area contributed by atoms with Gasteiger partial charge >= 0.3 is 0 Å². The van der Waals surface area contributed by atoms with E-state index in [1.165, 1.54) is 52.8 Å². The predicted molar refractivity (Wildman–Crippen MR) is 233 cm³/mol. The molecule has 4 aliphatic rings. The summed E-state index contributed by atoms with van der Waals surface area (Å²) in [4.78, 5) is 16.8. The average Bonchev–Trinajstić information content (AvgIpc) is 3.80. The van der Waals surface area contributed by atoms with E-state index in [9.17, 15) is 4.79 Å². The highest BCUT2D eigenvalue weighted by Crippen LogP contribution is 2.59. The Kier molecular flexibility index (Phi) is 18.1. The standard InChI is InChI=1S/C25H26OS16/c1-30-22-23(31-2)40-19(39-22)7-5-18-37-16(10-29)21(38-18)33-11-13(26)12-34-25-24(32-3)41-20(42-25)6-4-17-35-14(8-27)15(9-28)36-17/h4-7,27-29H,8-12H2,1-3H3/b18-5-,20-6-. The van der Waals surface area contributed by atoms with Gasteiger partial charge in [0, 0.05) is 36.2 Å². The Bertz CT molecular complexity index is 1180. The molecule has 0 saturated heterocycles. The van der Waals surface area contributed by atoms with E-state index in [1.54, 1.807) is 106 Å². The second-order valence-corrected chi connectivity index (χ2v) is 24.0. The van der Waals surface area contributed by atoms with E-state index in [1.807, 2.05) is 47.0 Å². The molecule has 1 nitrogen and oxygen atoms in total. The maximum Gasteiger partial charge on any atom is 0.153 e. The highest BCUT2D eigenvalue weighted by Gasteiger charge is 2.25. The maximum absolute atomic E-state index is 12.9. The van der Waals surface area contributed by atoms with Crippen LogP contribution in [0.2, 0.25) is 0 Å². The van der Waals surface area contributed by atoms with Gasteiger partial charge < -0.3 is 0 Å². The number of rotatable bonds is 14. The number of ketones is 1. The quantitative estimate of drug-likeness (QED) is 0.144. The third-order valence-corrected chi connectivity index (χ3v) is 23.6. The molecule has 4 aliphatic heterocycles. The van der Waals surface area contributed by atoms with Gasteiger partial charge in [0.1, 0.15) is 0 Å². The summed E-state index contributed by atoms with van der Waals surface area (Å²) in [5.41, 5.74) is 0. The summed E-state index contributed by atoms with van der Waals surface area (Å²) < 4.78 is 11.6. The summed E-state index contributed by atoms with van der Waals surface area (Å²) in [5, 5.41) is 0. The van der Waals surface area contributed by atoms with Gasteiger partial charge in [-0.2, -0.15) is 37.9 Å². The Balaban J connectivity index is 1.24. The van der Waals surface area contributed by atoms with E-state index >= 15 is 0 Å². The van der Waals surface area contributed by atoms with Crippen molar-refractivity contribution in [1.82, 2.24) is 0 Å². The molecule has 4 heterocycles. The first kappa shape index (κ1) is 38.0. The largest absolute Gasteiger partial charge is 0.298 e. The van der Waals surface area contributed by atoms with Crippen LogP contribution in [0.1, 0.15) is 0 Å². The third-order valence-electron chi connectivity index (χ3n) is 4.94. The van der Waals surface area contributed by atoms with Gasteiger partial charge in [-0.1, -0.05) is 94.1 Å². The van der Waals surface area contributed by atoms with Crippen molar-refractivity contribution in [2.45, 2.75) is 0 Å². The monoisotopic (exact) mass is 854 g/mol. The van der Waals surface area contributed by atoms with Gasteiger partial charge in [0.05, 0.1) is 45.4 Å². The number of hydrogen-bond donors (Lipinski definition) is 3. The first-order chi connectivity index (χ1) is 20.4. The molecule has 0 saturated carbocycles. The fraction of sp³-hybridized carbons (Fsp3) is 0.320. The first-order valence-electron chi connectivity index (χ1n) is 11.8. The molecule has 0 aromatic heterocycles. The Labute approximate surface area is 321 Å². The zero-order chi connectivity index (χ0) is 30.1. The van der Waals surface area contributed by atoms with Crippen LogP contribution in [-0.4, -0.2) is 53.3 Å². The van der Waals surface area contributed by atoms with Crippen molar-refractivity contribution in [2.24, 2.45) is 0 Å². The van der Waals surface area contributed by atoms with Crippen molar-refractivity contribution < 1.29 is 4.79 Å². The molecule has 42 heavy (non-hydrogen) atoms. The van der Waals surface area contributed by atoms with Crippen LogP contribution in [0.5, 0.6) is 0 Å². The SMILES string of the molecule is CSC1=C(SC)SC(=C/C=C2/SC(CS)=C(SCC(=O)CSC3=C(SC)S/C(=C/C=C4SC(CS)=C(CS)S4)S3)S2)S1. The summed E-state index contributed by atoms with van der Waals surface area (Å²) in [6.07, 6.45) is 15.2. The molecule has 0 atom stereocenters. The molecule has 0 aromatic carbocycles. The highest BCUT2D eigenvalue weighted by molar-refractivity contribution is 8.41. The molecule has 4 rings (SSSR count). The lowest BCUT2D eigenvalue weighted by Gasteiger charge is -2.04. The molecule has 0 N–H and O–H groups in total. The minimum Gasteiger partial charge on any atom is -0.298 e. The lowest BCUT2D eigenvalue weighted by molar-refractivity contribution is -0.114. The van der Waals surface area contributed by atoms with Crippen molar-refractivity contribution in [3.8, 4) is 0 Å². The van der Waals surface area contributed by atoms with Gasteiger partial charge in [-0.15, -0.1) is 58.8 Å². The van der Waals surface area contributed by atoms with Crippen molar-refractivity contribution in [3.05, 3.63) is 77.2 Å². The lowest BCUT2D eigenvalue weighted by atomic mass is 10.5. The maximum atomic E-state index is 12.9. The van der Waals surface area contributed by atoms with E-state index in [0.29, 0.717) is 17.3 Å². The van der Waals surface area contributed by atoms with Crippen LogP contribution in [0.4, 0.5) is 0 Å². The number of carbonyl (C=O) groups is 1. The second-order valence-electron chi connectivity index (χ2n) is 7.67. The van der Waals surface area contributed by atoms with Gasteiger partial charge in [-0.3, -0.25) is 4.79 Å². The molecule has 0 spiro atoms. The molecule has 17 heteroatoms. The average molecular weight is 856 g/mol. The molecule has 0 unspecified atom stereocenters. The predicted octanol–water partition coefficient (Wildman–Crippen LogP) is 12.8. The van der Waals surface area contributed by atoms with Crippen LogP contribution in [0.15, 0.2) is 77.2 Å².